The molecule has 0 amide bonds. The maximum Gasteiger partial charge on any atom is 0.162 e. The van der Waals surface area contributed by atoms with Crippen LogP contribution in [-0.2, 0) is 0 Å². The summed E-state index contributed by atoms with van der Waals surface area (Å²) in [5.41, 5.74) is 3.86. The molecule has 0 bridgehead atoms. The van der Waals surface area contributed by atoms with Crippen LogP contribution < -0.4 is 5.32 Å². The summed E-state index contributed by atoms with van der Waals surface area (Å²) >= 11 is 0. The highest BCUT2D eigenvalue weighted by molar-refractivity contribution is 5.64. The van der Waals surface area contributed by atoms with E-state index >= 15 is 0 Å². The standard InChI is InChI=1S/C18H21N3/c1-2-19-17-11-16(13-9-10-13)20-18(21-17)15-6-4-3-5-14(15)12-7-8-12/h3-6,11-13H,2,7-10H2,1H3,(H,19,20,21). The lowest BCUT2D eigenvalue weighted by Gasteiger charge is -2.11. The molecule has 2 aliphatic carbocycles. The number of hydrogen-bond donors (Lipinski definition) is 1. The lowest BCUT2D eigenvalue weighted by molar-refractivity contribution is 0.983. The number of benzene rings is 1. The molecule has 0 radical (unpaired) electrons. The van der Waals surface area contributed by atoms with Crippen molar-refractivity contribution in [2.75, 3.05) is 11.9 Å². The molecule has 3 nitrogen and oxygen atoms in total. The van der Waals surface area contributed by atoms with Gasteiger partial charge >= 0.3 is 0 Å². The monoisotopic (exact) mass is 279 g/mol. The van der Waals surface area contributed by atoms with Crippen molar-refractivity contribution < 1.29 is 0 Å². The second-order valence-corrected chi connectivity index (χ2v) is 6.17. The first-order chi connectivity index (χ1) is 10.3. The minimum Gasteiger partial charge on any atom is -0.370 e. The molecule has 0 unspecified atom stereocenters. The summed E-state index contributed by atoms with van der Waals surface area (Å²) in [4.78, 5) is 9.62. The van der Waals surface area contributed by atoms with Gasteiger partial charge in [0, 0.05) is 29.8 Å². The summed E-state index contributed by atoms with van der Waals surface area (Å²) in [6.45, 7) is 3.00. The van der Waals surface area contributed by atoms with Crippen molar-refractivity contribution >= 4 is 5.82 Å². The molecule has 2 aliphatic rings. The quantitative estimate of drug-likeness (QED) is 0.885. The summed E-state index contributed by atoms with van der Waals surface area (Å²) in [5.74, 6) is 3.24. The third kappa shape index (κ3) is 2.65. The average Bonchev–Trinajstić information content (AvgIpc) is 3.41. The zero-order valence-electron chi connectivity index (χ0n) is 12.5. The molecule has 0 saturated heterocycles. The van der Waals surface area contributed by atoms with Crippen molar-refractivity contribution in [3.05, 3.63) is 41.6 Å². The summed E-state index contributed by atoms with van der Waals surface area (Å²) in [6, 6.07) is 10.8. The number of anilines is 1. The Kier molecular flexibility index (Phi) is 3.13. The molecule has 1 aromatic carbocycles. The van der Waals surface area contributed by atoms with Crippen LogP contribution >= 0.6 is 0 Å². The Morgan fingerprint density at radius 2 is 1.81 bits per heavy atom. The lowest BCUT2D eigenvalue weighted by atomic mass is 10.0. The van der Waals surface area contributed by atoms with Crippen molar-refractivity contribution in [3.8, 4) is 11.4 Å². The van der Waals surface area contributed by atoms with Crippen LogP contribution in [0.4, 0.5) is 5.82 Å². The van der Waals surface area contributed by atoms with Crippen molar-refractivity contribution in [2.45, 2.75) is 44.4 Å². The van der Waals surface area contributed by atoms with Gasteiger partial charge in [-0.1, -0.05) is 24.3 Å². The first-order valence-corrected chi connectivity index (χ1v) is 8.07. The van der Waals surface area contributed by atoms with Crippen molar-refractivity contribution in [3.63, 3.8) is 0 Å². The van der Waals surface area contributed by atoms with Gasteiger partial charge in [-0.25, -0.2) is 9.97 Å². The van der Waals surface area contributed by atoms with Gasteiger partial charge in [-0.05, 0) is 44.1 Å². The van der Waals surface area contributed by atoms with E-state index in [0.717, 1.165) is 24.1 Å². The zero-order valence-corrected chi connectivity index (χ0v) is 12.5. The highest BCUT2D eigenvalue weighted by Gasteiger charge is 2.29. The Labute approximate surface area is 125 Å². The number of aromatic nitrogens is 2. The molecule has 3 heteroatoms. The molecule has 108 valence electrons. The lowest BCUT2D eigenvalue weighted by Crippen LogP contribution is -2.04. The van der Waals surface area contributed by atoms with E-state index in [-0.39, 0.29) is 0 Å². The molecule has 1 N–H and O–H groups in total. The maximum atomic E-state index is 4.87. The Morgan fingerprint density at radius 3 is 2.52 bits per heavy atom. The molecule has 0 spiro atoms. The number of nitrogens with zero attached hydrogens (tertiary/aromatic N) is 2. The number of hydrogen-bond acceptors (Lipinski definition) is 3. The fourth-order valence-electron chi connectivity index (χ4n) is 2.90. The Balaban J connectivity index is 1.79. The van der Waals surface area contributed by atoms with E-state index in [1.807, 2.05) is 0 Å². The van der Waals surface area contributed by atoms with Gasteiger partial charge in [-0.2, -0.15) is 0 Å². The van der Waals surface area contributed by atoms with E-state index in [4.69, 9.17) is 9.97 Å². The van der Waals surface area contributed by atoms with Gasteiger partial charge in [0.25, 0.3) is 0 Å². The maximum absolute atomic E-state index is 4.87. The molecule has 1 heterocycles. The topological polar surface area (TPSA) is 37.8 Å². The predicted molar refractivity (Wildman–Crippen MR) is 85.6 cm³/mol. The highest BCUT2D eigenvalue weighted by Crippen LogP contribution is 2.45. The average molecular weight is 279 g/mol. The summed E-state index contributed by atoms with van der Waals surface area (Å²) in [6.07, 6.45) is 5.15. The van der Waals surface area contributed by atoms with Crippen LogP contribution in [0.2, 0.25) is 0 Å². The molecular formula is C18H21N3. The van der Waals surface area contributed by atoms with Gasteiger partial charge in [0.2, 0.25) is 0 Å². The van der Waals surface area contributed by atoms with Gasteiger partial charge in [-0.3, -0.25) is 0 Å². The van der Waals surface area contributed by atoms with Crippen LogP contribution in [0.25, 0.3) is 11.4 Å². The van der Waals surface area contributed by atoms with Crippen LogP contribution in [0.1, 0.15) is 55.7 Å². The van der Waals surface area contributed by atoms with Gasteiger partial charge in [0.15, 0.2) is 5.82 Å². The molecule has 21 heavy (non-hydrogen) atoms. The second kappa shape index (κ2) is 5.14. The van der Waals surface area contributed by atoms with Crippen LogP contribution in [-0.4, -0.2) is 16.5 Å². The van der Waals surface area contributed by atoms with Crippen LogP contribution in [0.15, 0.2) is 30.3 Å². The third-order valence-electron chi connectivity index (χ3n) is 4.32. The van der Waals surface area contributed by atoms with E-state index in [0.29, 0.717) is 5.92 Å². The van der Waals surface area contributed by atoms with Gasteiger partial charge < -0.3 is 5.32 Å². The molecule has 4 rings (SSSR count). The van der Waals surface area contributed by atoms with Crippen LogP contribution in [0.5, 0.6) is 0 Å². The highest BCUT2D eigenvalue weighted by atomic mass is 15.0. The SMILES string of the molecule is CCNc1cc(C2CC2)nc(-c2ccccc2C2CC2)n1. The van der Waals surface area contributed by atoms with Crippen molar-refractivity contribution in [2.24, 2.45) is 0 Å². The first kappa shape index (κ1) is 12.8. The Bertz CT molecular complexity index is 657. The van der Waals surface area contributed by atoms with Crippen LogP contribution in [0, 0.1) is 0 Å². The smallest absolute Gasteiger partial charge is 0.162 e. The molecule has 0 aliphatic heterocycles. The zero-order chi connectivity index (χ0) is 14.2. The van der Waals surface area contributed by atoms with E-state index < -0.39 is 0 Å². The minimum absolute atomic E-state index is 0.650. The van der Waals surface area contributed by atoms with Gasteiger partial charge in [0.1, 0.15) is 5.82 Å². The first-order valence-electron chi connectivity index (χ1n) is 8.07. The molecule has 2 saturated carbocycles. The minimum atomic E-state index is 0.650. The van der Waals surface area contributed by atoms with Gasteiger partial charge in [-0.15, -0.1) is 0 Å². The second-order valence-electron chi connectivity index (χ2n) is 6.17. The molecule has 2 aromatic rings. The molecule has 2 fully saturated rings. The Morgan fingerprint density at radius 1 is 1.05 bits per heavy atom. The van der Waals surface area contributed by atoms with Crippen molar-refractivity contribution in [1.29, 1.82) is 0 Å². The normalized spacial score (nSPS) is 17.8. The third-order valence-corrected chi connectivity index (χ3v) is 4.32. The van der Waals surface area contributed by atoms with E-state index in [2.05, 4.69) is 42.6 Å². The fraction of sp³-hybridized carbons (Fsp3) is 0.444. The largest absolute Gasteiger partial charge is 0.370 e. The molecule has 0 atom stereocenters. The van der Waals surface area contributed by atoms with Crippen molar-refractivity contribution in [1.82, 2.24) is 9.97 Å². The summed E-state index contributed by atoms with van der Waals surface area (Å²) < 4.78 is 0. The van der Waals surface area contributed by atoms with E-state index in [1.165, 1.54) is 42.5 Å². The Hall–Kier alpha value is -1.90. The van der Waals surface area contributed by atoms with E-state index in [1.54, 1.807) is 0 Å². The summed E-state index contributed by atoms with van der Waals surface area (Å²) in [7, 11) is 0. The number of rotatable bonds is 5. The van der Waals surface area contributed by atoms with Crippen LogP contribution in [0.3, 0.4) is 0 Å². The predicted octanol–water partition coefficient (Wildman–Crippen LogP) is 4.33. The number of nitrogens with one attached hydrogen (secondary N) is 1. The summed E-state index contributed by atoms with van der Waals surface area (Å²) in [5, 5.41) is 3.35. The molecule has 1 aromatic heterocycles. The fourth-order valence-corrected chi connectivity index (χ4v) is 2.90. The van der Waals surface area contributed by atoms with E-state index in [9.17, 15) is 0 Å². The van der Waals surface area contributed by atoms with Gasteiger partial charge in [0.05, 0.1) is 0 Å². The molecular weight excluding hydrogens is 258 g/mol.